The summed E-state index contributed by atoms with van der Waals surface area (Å²) in [5, 5.41) is 7.03. The van der Waals surface area contributed by atoms with Crippen LogP contribution in [0.4, 0.5) is 0 Å². The van der Waals surface area contributed by atoms with Crippen LogP contribution in [0.2, 0.25) is 0 Å². The largest absolute Gasteiger partial charge is 0.387 e. The molecule has 0 fully saturated rings. The van der Waals surface area contributed by atoms with Crippen LogP contribution in [0.5, 0.6) is 0 Å². The summed E-state index contributed by atoms with van der Waals surface area (Å²) in [6.45, 7) is 2.14. The van der Waals surface area contributed by atoms with Gasteiger partial charge in [0.25, 0.3) is 0 Å². The zero-order valence-electron chi connectivity index (χ0n) is 9.53. The van der Waals surface area contributed by atoms with Crippen molar-refractivity contribution in [2.24, 2.45) is 16.1 Å². The highest BCUT2D eigenvalue weighted by molar-refractivity contribution is 5.92. The van der Waals surface area contributed by atoms with Gasteiger partial charge in [-0.15, -0.1) is 0 Å². The maximum Gasteiger partial charge on any atom is 0.109 e. The van der Waals surface area contributed by atoms with E-state index < -0.39 is 0 Å². The molecule has 1 aliphatic carbocycles. The Balaban J connectivity index is 2.36. The molecule has 1 aliphatic rings. The topological polar surface area (TPSA) is 62.2 Å². The number of aliphatic imine (C=N–C) groups is 1. The summed E-state index contributed by atoms with van der Waals surface area (Å²) in [5.74, 6) is 0.598. The van der Waals surface area contributed by atoms with E-state index in [-0.39, 0.29) is 5.41 Å². The van der Waals surface area contributed by atoms with Gasteiger partial charge in [-0.25, -0.2) is 4.99 Å². The van der Waals surface area contributed by atoms with Crippen LogP contribution in [-0.2, 0) is 12.8 Å². The molecule has 0 aliphatic heterocycles. The van der Waals surface area contributed by atoms with Crippen LogP contribution in [0.15, 0.2) is 29.3 Å². The molecule has 0 saturated heterocycles. The number of rotatable bonds is 3. The maximum atomic E-state index is 7.03. The molecule has 0 atom stereocenters. The van der Waals surface area contributed by atoms with Crippen molar-refractivity contribution < 1.29 is 0 Å². The number of hydrogen-bond donors (Lipinski definition) is 2. The van der Waals surface area contributed by atoms with Gasteiger partial charge in [0, 0.05) is 5.41 Å². The highest BCUT2D eigenvalue weighted by Gasteiger charge is 2.38. The van der Waals surface area contributed by atoms with Crippen LogP contribution in [0.3, 0.4) is 0 Å². The number of fused-ring (bicyclic) bond motifs is 1. The van der Waals surface area contributed by atoms with Gasteiger partial charge < -0.3 is 5.73 Å². The fraction of sp³-hybridized carbons (Fsp3) is 0.385. The second kappa shape index (κ2) is 4.08. The van der Waals surface area contributed by atoms with Crippen molar-refractivity contribution >= 4 is 12.2 Å². The predicted molar refractivity (Wildman–Crippen MR) is 67.0 cm³/mol. The van der Waals surface area contributed by atoms with Gasteiger partial charge in [-0.3, -0.25) is 5.41 Å². The molecule has 16 heavy (non-hydrogen) atoms. The molecular formula is C13H17N3. The van der Waals surface area contributed by atoms with E-state index in [1.807, 2.05) is 0 Å². The summed E-state index contributed by atoms with van der Waals surface area (Å²) >= 11 is 0. The SMILES string of the molecule is CCC1(C(N)=NC=N)Cc2ccccc2C1. The third-order valence-corrected chi connectivity index (χ3v) is 3.60. The molecule has 0 heterocycles. The summed E-state index contributed by atoms with van der Waals surface area (Å²) in [6, 6.07) is 8.44. The zero-order valence-corrected chi connectivity index (χ0v) is 9.53. The molecule has 0 aromatic heterocycles. The monoisotopic (exact) mass is 215 g/mol. The van der Waals surface area contributed by atoms with Crippen molar-refractivity contribution in [3.05, 3.63) is 35.4 Å². The zero-order chi connectivity index (χ0) is 11.6. The minimum atomic E-state index is -0.0682. The average molecular weight is 215 g/mol. The van der Waals surface area contributed by atoms with Gasteiger partial charge in [-0.05, 0) is 30.4 Å². The Hall–Kier alpha value is -1.64. The summed E-state index contributed by atoms with van der Waals surface area (Å²) in [4.78, 5) is 3.97. The van der Waals surface area contributed by atoms with Crippen molar-refractivity contribution in [1.29, 1.82) is 5.41 Å². The molecule has 1 aromatic rings. The lowest BCUT2D eigenvalue weighted by Gasteiger charge is -2.26. The van der Waals surface area contributed by atoms with Crippen LogP contribution in [0, 0.1) is 10.8 Å². The van der Waals surface area contributed by atoms with E-state index in [1.54, 1.807) is 0 Å². The summed E-state index contributed by atoms with van der Waals surface area (Å²) in [6.07, 6.45) is 3.90. The van der Waals surface area contributed by atoms with Crippen LogP contribution in [0.25, 0.3) is 0 Å². The molecule has 0 saturated carbocycles. The second-order valence-corrected chi connectivity index (χ2v) is 4.40. The first-order valence-corrected chi connectivity index (χ1v) is 5.61. The first-order chi connectivity index (χ1) is 7.72. The Kier molecular flexibility index (Phi) is 2.77. The fourth-order valence-electron chi connectivity index (χ4n) is 2.51. The van der Waals surface area contributed by atoms with Gasteiger partial charge >= 0.3 is 0 Å². The number of nitrogens with zero attached hydrogens (tertiary/aromatic N) is 1. The number of nitrogens with one attached hydrogen (secondary N) is 1. The molecule has 0 bridgehead atoms. The molecule has 84 valence electrons. The normalized spacial score (nSPS) is 18.2. The average Bonchev–Trinajstić information content (AvgIpc) is 2.69. The van der Waals surface area contributed by atoms with Crippen molar-refractivity contribution in [1.82, 2.24) is 0 Å². The number of hydrogen-bond acceptors (Lipinski definition) is 1. The molecule has 2 rings (SSSR count). The standard InChI is InChI=1S/C13H17N3/c1-2-13(12(15)16-9-14)7-10-5-3-4-6-11(10)8-13/h3-6,9H,2,7-8H2,1H3,(H3,14,15,16). The van der Waals surface area contributed by atoms with Crippen molar-refractivity contribution in [2.75, 3.05) is 0 Å². The highest BCUT2D eigenvalue weighted by atomic mass is 14.9. The van der Waals surface area contributed by atoms with E-state index in [0.717, 1.165) is 25.6 Å². The number of nitrogens with two attached hydrogens (primary N) is 1. The maximum absolute atomic E-state index is 7.03. The van der Waals surface area contributed by atoms with Gasteiger partial charge in [-0.1, -0.05) is 31.2 Å². The van der Waals surface area contributed by atoms with E-state index in [4.69, 9.17) is 11.1 Å². The first kappa shape index (κ1) is 10.9. The molecular weight excluding hydrogens is 198 g/mol. The Morgan fingerprint density at radius 1 is 1.44 bits per heavy atom. The summed E-state index contributed by atoms with van der Waals surface area (Å²) < 4.78 is 0. The number of amidine groups is 1. The molecule has 1 aromatic carbocycles. The van der Waals surface area contributed by atoms with E-state index in [1.165, 1.54) is 11.1 Å². The Morgan fingerprint density at radius 2 is 2.00 bits per heavy atom. The quantitative estimate of drug-likeness (QED) is 0.589. The Bertz CT molecular complexity index is 410. The minimum Gasteiger partial charge on any atom is -0.387 e. The minimum absolute atomic E-state index is 0.0682. The van der Waals surface area contributed by atoms with Crippen molar-refractivity contribution in [3.8, 4) is 0 Å². The lowest BCUT2D eigenvalue weighted by atomic mass is 9.81. The Labute approximate surface area is 95.9 Å². The third kappa shape index (κ3) is 1.62. The van der Waals surface area contributed by atoms with Gasteiger partial charge in [0.2, 0.25) is 0 Å². The first-order valence-electron chi connectivity index (χ1n) is 5.61. The second-order valence-electron chi connectivity index (χ2n) is 4.40. The van der Waals surface area contributed by atoms with E-state index in [9.17, 15) is 0 Å². The molecule has 3 heteroatoms. The summed E-state index contributed by atoms with van der Waals surface area (Å²) in [5.41, 5.74) is 8.68. The van der Waals surface area contributed by atoms with Crippen LogP contribution >= 0.6 is 0 Å². The molecule has 0 amide bonds. The molecule has 0 radical (unpaired) electrons. The summed E-state index contributed by atoms with van der Waals surface area (Å²) in [7, 11) is 0. The molecule has 0 unspecified atom stereocenters. The third-order valence-electron chi connectivity index (χ3n) is 3.60. The van der Waals surface area contributed by atoms with E-state index in [2.05, 4.69) is 36.2 Å². The van der Waals surface area contributed by atoms with Crippen LogP contribution in [0.1, 0.15) is 24.5 Å². The lowest BCUT2D eigenvalue weighted by molar-refractivity contribution is 0.425. The number of benzene rings is 1. The van der Waals surface area contributed by atoms with Gasteiger partial charge in [0.05, 0.1) is 0 Å². The van der Waals surface area contributed by atoms with Crippen molar-refractivity contribution in [2.45, 2.75) is 26.2 Å². The predicted octanol–water partition coefficient (Wildman–Crippen LogP) is 2.15. The highest BCUT2D eigenvalue weighted by Crippen LogP contribution is 2.39. The molecule has 3 nitrogen and oxygen atoms in total. The van der Waals surface area contributed by atoms with E-state index >= 15 is 0 Å². The van der Waals surface area contributed by atoms with Gasteiger partial charge in [0.1, 0.15) is 12.2 Å². The van der Waals surface area contributed by atoms with Crippen molar-refractivity contribution in [3.63, 3.8) is 0 Å². The molecule has 3 N–H and O–H groups in total. The van der Waals surface area contributed by atoms with Gasteiger partial charge in [0.15, 0.2) is 0 Å². The van der Waals surface area contributed by atoms with Gasteiger partial charge in [-0.2, -0.15) is 0 Å². The van der Waals surface area contributed by atoms with E-state index in [0.29, 0.717) is 5.84 Å². The Morgan fingerprint density at radius 3 is 2.44 bits per heavy atom. The van der Waals surface area contributed by atoms with Crippen LogP contribution in [-0.4, -0.2) is 12.2 Å². The lowest BCUT2D eigenvalue weighted by Crippen LogP contribution is -2.37. The fourth-order valence-corrected chi connectivity index (χ4v) is 2.51. The van der Waals surface area contributed by atoms with Crippen LogP contribution < -0.4 is 5.73 Å². The molecule has 0 spiro atoms. The smallest absolute Gasteiger partial charge is 0.109 e.